The molecule has 0 aliphatic rings. The van der Waals surface area contributed by atoms with E-state index in [1.807, 2.05) is 0 Å². The highest BCUT2D eigenvalue weighted by molar-refractivity contribution is 5.52. The second kappa shape index (κ2) is 5.66. The number of nitrogens with zero attached hydrogens (tertiary/aromatic N) is 1. The van der Waals surface area contributed by atoms with Gasteiger partial charge in [-0.25, -0.2) is 0 Å². The van der Waals surface area contributed by atoms with Gasteiger partial charge in [0.15, 0.2) is 0 Å². The van der Waals surface area contributed by atoms with Crippen LogP contribution in [0.4, 0.5) is 5.69 Å². The summed E-state index contributed by atoms with van der Waals surface area (Å²) in [6.45, 7) is 7.20. The van der Waals surface area contributed by atoms with Gasteiger partial charge in [0.1, 0.15) is 0 Å². The van der Waals surface area contributed by atoms with Crippen molar-refractivity contribution in [1.82, 2.24) is 0 Å². The quantitative estimate of drug-likeness (QED) is 0.774. The van der Waals surface area contributed by atoms with Crippen LogP contribution in [0, 0.1) is 6.92 Å². The topological polar surface area (TPSA) is 29.3 Å². The Hall–Kier alpha value is -1.02. The molecule has 0 heterocycles. The van der Waals surface area contributed by atoms with Gasteiger partial charge in [-0.3, -0.25) is 0 Å². The van der Waals surface area contributed by atoms with E-state index in [-0.39, 0.29) is 0 Å². The normalized spacial score (nSPS) is 10.2. The molecule has 0 saturated carbocycles. The zero-order valence-corrected chi connectivity index (χ0v) is 9.16. The first kappa shape index (κ1) is 11.1. The molecule has 0 saturated heterocycles. The second-order valence-corrected chi connectivity index (χ2v) is 3.51. The zero-order chi connectivity index (χ0) is 10.4. The Kier molecular flexibility index (Phi) is 4.47. The van der Waals surface area contributed by atoms with Crippen molar-refractivity contribution in [2.45, 2.75) is 20.3 Å². The molecule has 0 fully saturated rings. The molecule has 0 spiro atoms. The predicted molar refractivity (Wildman–Crippen MR) is 62.7 cm³/mol. The van der Waals surface area contributed by atoms with Gasteiger partial charge in [-0.1, -0.05) is 18.2 Å². The first-order valence-corrected chi connectivity index (χ1v) is 5.30. The third-order valence-corrected chi connectivity index (χ3v) is 2.47. The highest BCUT2D eigenvalue weighted by atomic mass is 15.1. The molecule has 2 nitrogen and oxygen atoms in total. The maximum Gasteiger partial charge on any atom is 0.0395 e. The number of benzene rings is 1. The molecule has 2 N–H and O–H groups in total. The maximum atomic E-state index is 5.52. The Morgan fingerprint density at radius 1 is 1.29 bits per heavy atom. The molecular formula is C12H20N2. The lowest BCUT2D eigenvalue weighted by Gasteiger charge is -2.24. The molecule has 1 aromatic carbocycles. The standard InChI is InChI=1S/C12H20N2/c1-3-14(10-6-9-13)12-8-5-4-7-11(12)2/h4-5,7-8H,3,6,9-10,13H2,1-2H3. The van der Waals surface area contributed by atoms with E-state index >= 15 is 0 Å². The van der Waals surface area contributed by atoms with Gasteiger partial charge in [0.05, 0.1) is 0 Å². The van der Waals surface area contributed by atoms with Crippen LogP contribution in [0.15, 0.2) is 24.3 Å². The average Bonchev–Trinajstić information content (AvgIpc) is 2.21. The van der Waals surface area contributed by atoms with Crippen molar-refractivity contribution in [1.29, 1.82) is 0 Å². The molecule has 14 heavy (non-hydrogen) atoms. The third kappa shape index (κ3) is 2.74. The minimum atomic E-state index is 0.766. The van der Waals surface area contributed by atoms with Gasteiger partial charge in [0.25, 0.3) is 0 Å². The number of hydrogen-bond acceptors (Lipinski definition) is 2. The van der Waals surface area contributed by atoms with Crippen LogP contribution in [-0.2, 0) is 0 Å². The fourth-order valence-electron chi connectivity index (χ4n) is 1.65. The zero-order valence-electron chi connectivity index (χ0n) is 9.16. The molecule has 78 valence electrons. The fraction of sp³-hybridized carbons (Fsp3) is 0.500. The summed E-state index contributed by atoms with van der Waals surface area (Å²) >= 11 is 0. The largest absolute Gasteiger partial charge is 0.372 e. The summed E-state index contributed by atoms with van der Waals surface area (Å²) in [4.78, 5) is 2.38. The van der Waals surface area contributed by atoms with Crippen molar-refractivity contribution in [2.75, 3.05) is 24.5 Å². The summed E-state index contributed by atoms with van der Waals surface area (Å²) in [5.41, 5.74) is 8.20. The Morgan fingerprint density at radius 3 is 2.57 bits per heavy atom. The van der Waals surface area contributed by atoms with Crippen LogP contribution in [-0.4, -0.2) is 19.6 Å². The summed E-state index contributed by atoms with van der Waals surface area (Å²) in [5.74, 6) is 0. The van der Waals surface area contributed by atoms with Gasteiger partial charge in [-0.15, -0.1) is 0 Å². The maximum absolute atomic E-state index is 5.52. The Bertz CT molecular complexity index is 271. The van der Waals surface area contributed by atoms with E-state index in [9.17, 15) is 0 Å². The molecule has 0 radical (unpaired) electrons. The minimum absolute atomic E-state index is 0.766. The Balaban J connectivity index is 2.73. The lowest BCUT2D eigenvalue weighted by atomic mass is 10.2. The average molecular weight is 192 g/mol. The molecule has 0 unspecified atom stereocenters. The van der Waals surface area contributed by atoms with Crippen LogP contribution < -0.4 is 10.6 Å². The first-order valence-electron chi connectivity index (χ1n) is 5.30. The summed E-state index contributed by atoms with van der Waals surface area (Å²) in [6.07, 6.45) is 1.06. The highest BCUT2D eigenvalue weighted by Gasteiger charge is 2.04. The third-order valence-electron chi connectivity index (χ3n) is 2.47. The van der Waals surface area contributed by atoms with E-state index in [1.54, 1.807) is 0 Å². The lowest BCUT2D eigenvalue weighted by Crippen LogP contribution is -2.26. The van der Waals surface area contributed by atoms with Gasteiger partial charge in [0.2, 0.25) is 0 Å². The van der Waals surface area contributed by atoms with Crippen LogP contribution in [0.25, 0.3) is 0 Å². The second-order valence-electron chi connectivity index (χ2n) is 3.51. The van der Waals surface area contributed by atoms with Gasteiger partial charge in [0, 0.05) is 18.8 Å². The van der Waals surface area contributed by atoms with Gasteiger partial charge < -0.3 is 10.6 Å². The van der Waals surface area contributed by atoms with Gasteiger partial charge >= 0.3 is 0 Å². The predicted octanol–water partition coefficient (Wildman–Crippen LogP) is 2.17. The van der Waals surface area contributed by atoms with Gasteiger partial charge in [-0.2, -0.15) is 0 Å². The van der Waals surface area contributed by atoms with Crippen molar-refractivity contribution < 1.29 is 0 Å². The number of anilines is 1. The highest BCUT2D eigenvalue weighted by Crippen LogP contribution is 2.18. The smallest absolute Gasteiger partial charge is 0.0395 e. The molecule has 1 aromatic rings. The van der Waals surface area contributed by atoms with Crippen LogP contribution in [0.1, 0.15) is 18.9 Å². The van der Waals surface area contributed by atoms with Crippen LogP contribution in [0.5, 0.6) is 0 Å². The van der Waals surface area contributed by atoms with E-state index in [0.717, 1.165) is 26.1 Å². The van der Waals surface area contributed by atoms with Crippen LogP contribution in [0.2, 0.25) is 0 Å². The van der Waals surface area contributed by atoms with E-state index in [1.165, 1.54) is 11.3 Å². The van der Waals surface area contributed by atoms with Crippen molar-refractivity contribution in [2.24, 2.45) is 5.73 Å². The number of aryl methyl sites for hydroxylation is 1. The minimum Gasteiger partial charge on any atom is -0.372 e. The van der Waals surface area contributed by atoms with Crippen molar-refractivity contribution >= 4 is 5.69 Å². The van der Waals surface area contributed by atoms with Crippen molar-refractivity contribution in [3.63, 3.8) is 0 Å². The lowest BCUT2D eigenvalue weighted by molar-refractivity contribution is 0.752. The van der Waals surface area contributed by atoms with E-state index in [0.29, 0.717) is 0 Å². The van der Waals surface area contributed by atoms with Crippen molar-refractivity contribution in [3.8, 4) is 0 Å². The first-order chi connectivity index (χ1) is 6.79. The SMILES string of the molecule is CCN(CCCN)c1ccccc1C. The monoisotopic (exact) mass is 192 g/mol. The molecule has 0 aliphatic carbocycles. The number of hydrogen-bond donors (Lipinski definition) is 1. The number of para-hydroxylation sites is 1. The Labute approximate surface area is 86.7 Å². The van der Waals surface area contributed by atoms with E-state index < -0.39 is 0 Å². The molecule has 1 rings (SSSR count). The molecule has 0 aliphatic heterocycles. The fourth-order valence-corrected chi connectivity index (χ4v) is 1.65. The van der Waals surface area contributed by atoms with Crippen LogP contribution in [0.3, 0.4) is 0 Å². The molecule has 0 amide bonds. The molecular weight excluding hydrogens is 172 g/mol. The Morgan fingerprint density at radius 2 is 2.00 bits per heavy atom. The number of nitrogens with two attached hydrogens (primary N) is 1. The molecule has 0 aromatic heterocycles. The molecule has 0 bridgehead atoms. The van der Waals surface area contributed by atoms with Crippen molar-refractivity contribution in [3.05, 3.63) is 29.8 Å². The summed E-state index contributed by atoms with van der Waals surface area (Å²) in [7, 11) is 0. The molecule has 2 heteroatoms. The number of rotatable bonds is 5. The summed E-state index contributed by atoms with van der Waals surface area (Å²) < 4.78 is 0. The van der Waals surface area contributed by atoms with Crippen LogP contribution >= 0.6 is 0 Å². The summed E-state index contributed by atoms with van der Waals surface area (Å²) in [5, 5.41) is 0. The van der Waals surface area contributed by atoms with E-state index in [4.69, 9.17) is 5.73 Å². The van der Waals surface area contributed by atoms with E-state index in [2.05, 4.69) is 43.0 Å². The summed E-state index contributed by atoms with van der Waals surface area (Å²) in [6, 6.07) is 8.50. The van der Waals surface area contributed by atoms with Gasteiger partial charge in [-0.05, 0) is 38.4 Å². The molecule has 0 atom stereocenters.